The first-order valence-corrected chi connectivity index (χ1v) is 7.80. The van der Waals surface area contributed by atoms with Gasteiger partial charge in [-0.15, -0.1) is 5.10 Å². The zero-order valence-electron chi connectivity index (χ0n) is 12.9. The number of ether oxygens (including phenoxy) is 1. The lowest BCUT2D eigenvalue weighted by Gasteiger charge is -2.08. The lowest BCUT2D eigenvalue weighted by atomic mass is 10.3. The highest BCUT2D eigenvalue weighted by Gasteiger charge is 2.17. The molecule has 1 aromatic carbocycles. The molecule has 0 radical (unpaired) electrons. The second-order valence-electron chi connectivity index (χ2n) is 4.96. The molecular weight excluding hydrogens is 369 g/mol. The number of anilines is 1. The van der Waals surface area contributed by atoms with Crippen LogP contribution < -0.4 is 5.32 Å². The van der Waals surface area contributed by atoms with E-state index in [4.69, 9.17) is 27.9 Å². The SMILES string of the molecule is Cc1ccnc2nc(C(=O)OCC(=O)Nc3cccc(Cl)c3Cl)nn12. The zero-order chi connectivity index (χ0) is 18.0. The minimum absolute atomic E-state index is 0.185. The van der Waals surface area contributed by atoms with Gasteiger partial charge in [-0.1, -0.05) is 29.3 Å². The van der Waals surface area contributed by atoms with Gasteiger partial charge in [-0.2, -0.15) is 4.98 Å². The number of hydrogen-bond donors (Lipinski definition) is 1. The number of carbonyl (C=O) groups excluding carboxylic acids is 2. The van der Waals surface area contributed by atoms with E-state index in [1.165, 1.54) is 4.52 Å². The highest BCUT2D eigenvalue weighted by Crippen LogP contribution is 2.29. The number of nitrogens with zero attached hydrogens (tertiary/aromatic N) is 4. The van der Waals surface area contributed by atoms with Crippen LogP contribution in [0.15, 0.2) is 30.5 Å². The van der Waals surface area contributed by atoms with Crippen molar-refractivity contribution < 1.29 is 14.3 Å². The van der Waals surface area contributed by atoms with Gasteiger partial charge < -0.3 is 10.1 Å². The topological polar surface area (TPSA) is 98.5 Å². The van der Waals surface area contributed by atoms with Crippen molar-refractivity contribution in [3.05, 3.63) is 52.0 Å². The molecule has 8 nitrogen and oxygen atoms in total. The van der Waals surface area contributed by atoms with Crippen molar-refractivity contribution >= 4 is 46.5 Å². The van der Waals surface area contributed by atoms with Crippen molar-refractivity contribution in [2.24, 2.45) is 0 Å². The minimum atomic E-state index is -0.836. The summed E-state index contributed by atoms with van der Waals surface area (Å²) in [7, 11) is 0. The van der Waals surface area contributed by atoms with E-state index in [9.17, 15) is 9.59 Å². The van der Waals surface area contributed by atoms with Crippen LogP contribution in [-0.4, -0.2) is 38.1 Å². The molecule has 0 aliphatic rings. The van der Waals surface area contributed by atoms with Gasteiger partial charge in [0.25, 0.3) is 17.5 Å². The van der Waals surface area contributed by atoms with Gasteiger partial charge in [0.15, 0.2) is 6.61 Å². The molecule has 3 rings (SSSR count). The van der Waals surface area contributed by atoms with Gasteiger partial charge in [0.2, 0.25) is 0 Å². The van der Waals surface area contributed by atoms with Crippen LogP contribution in [0.1, 0.15) is 16.3 Å². The van der Waals surface area contributed by atoms with Crippen LogP contribution in [0.3, 0.4) is 0 Å². The highest BCUT2D eigenvalue weighted by atomic mass is 35.5. The van der Waals surface area contributed by atoms with E-state index in [0.717, 1.165) is 5.69 Å². The number of aryl methyl sites for hydroxylation is 1. The number of fused-ring (bicyclic) bond motifs is 1. The van der Waals surface area contributed by atoms with E-state index in [-0.39, 0.29) is 16.6 Å². The summed E-state index contributed by atoms with van der Waals surface area (Å²) in [6, 6.07) is 6.52. The number of nitrogens with one attached hydrogen (secondary N) is 1. The maximum atomic E-state index is 12.0. The summed E-state index contributed by atoms with van der Waals surface area (Å²) in [4.78, 5) is 31.8. The normalized spacial score (nSPS) is 10.7. The third-order valence-corrected chi connectivity index (χ3v) is 3.99. The van der Waals surface area contributed by atoms with Gasteiger partial charge in [-0.3, -0.25) is 4.79 Å². The molecule has 0 aliphatic heterocycles. The summed E-state index contributed by atoms with van der Waals surface area (Å²) in [5.41, 5.74) is 1.07. The van der Waals surface area contributed by atoms with Gasteiger partial charge in [-0.25, -0.2) is 14.3 Å². The first-order valence-electron chi connectivity index (χ1n) is 7.05. The molecule has 1 amide bonds. The summed E-state index contributed by atoms with van der Waals surface area (Å²) in [5, 5.41) is 7.00. The summed E-state index contributed by atoms with van der Waals surface area (Å²) in [6.45, 7) is 1.27. The molecule has 0 saturated carbocycles. The van der Waals surface area contributed by atoms with Crippen LogP contribution in [0, 0.1) is 6.92 Å². The lowest BCUT2D eigenvalue weighted by Crippen LogP contribution is -2.21. The number of carbonyl (C=O) groups is 2. The van der Waals surface area contributed by atoms with Crippen LogP contribution in [0.2, 0.25) is 10.0 Å². The fraction of sp³-hybridized carbons (Fsp3) is 0.133. The molecule has 2 aromatic heterocycles. The summed E-state index contributed by atoms with van der Waals surface area (Å²) in [6.07, 6.45) is 1.55. The first kappa shape index (κ1) is 17.1. The largest absolute Gasteiger partial charge is 0.450 e. The first-order chi connectivity index (χ1) is 12.0. The van der Waals surface area contributed by atoms with Crippen LogP contribution in [-0.2, 0) is 9.53 Å². The van der Waals surface area contributed by atoms with Crippen molar-refractivity contribution in [1.29, 1.82) is 0 Å². The smallest absolute Gasteiger partial charge is 0.378 e. The third-order valence-electron chi connectivity index (χ3n) is 3.17. The summed E-state index contributed by atoms with van der Waals surface area (Å²) >= 11 is 11.8. The van der Waals surface area contributed by atoms with Crippen molar-refractivity contribution in [1.82, 2.24) is 19.6 Å². The molecular formula is C15H11Cl2N5O3. The molecule has 3 aromatic rings. The second-order valence-corrected chi connectivity index (χ2v) is 5.74. The van der Waals surface area contributed by atoms with Gasteiger partial charge in [0, 0.05) is 11.9 Å². The standard InChI is InChI=1S/C15H11Cl2N5O3/c1-8-5-6-18-15-20-13(21-22(8)15)14(24)25-7-11(23)19-10-4-2-3-9(16)12(10)17/h2-6H,7H2,1H3,(H,19,23). The Morgan fingerprint density at radius 1 is 1.28 bits per heavy atom. The van der Waals surface area contributed by atoms with E-state index in [2.05, 4.69) is 20.4 Å². The van der Waals surface area contributed by atoms with E-state index in [1.54, 1.807) is 37.4 Å². The summed E-state index contributed by atoms with van der Waals surface area (Å²) < 4.78 is 6.31. The molecule has 0 atom stereocenters. The number of esters is 1. The number of hydrogen-bond acceptors (Lipinski definition) is 6. The average molecular weight is 380 g/mol. The maximum Gasteiger partial charge on any atom is 0.378 e. The predicted molar refractivity (Wildman–Crippen MR) is 90.9 cm³/mol. The molecule has 10 heteroatoms. The van der Waals surface area contributed by atoms with Gasteiger partial charge >= 0.3 is 5.97 Å². The zero-order valence-corrected chi connectivity index (χ0v) is 14.4. The Morgan fingerprint density at radius 3 is 2.84 bits per heavy atom. The molecule has 25 heavy (non-hydrogen) atoms. The van der Waals surface area contributed by atoms with E-state index >= 15 is 0 Å². The monoisotopic (exact) mass is 379 g/mol. The van der Waals surface area contributed by atoms with Crippen LogP contribution in [0.25, 0.3) is 5.78 Å². The molecule has 0 aliphatic carbocycles. The number of benzene rings is 1. The number of aromatic nitrogens is 4. The Labute approximate surface area is 151 Å². The molecule has 0 spiro atoms. The van der Waals surface area contributed by atoms with Crippen LogP contribution in [0.5, 0.6) is 0 Å². The van der Waals surface area contributed by atoms with E-state index in [0.29, 0.717) is 10.7 Å². The van der Waals surface area contributed by atoms with Crippen molar-refractivity contribution in [2.45, 2.75) is 6.92 Å². The minimum Gasteiger partial charge on any atom is -0.450 e. The van der Waals surface area contributed by atoms with Gasteiger partial charge in [-0.05, 0) is 25.1 Å². The molecule has 2 heterocycles. The number of rotatable bonds is 4. The molecule has 0 saturated heterocycles. The molecule has 1 N–H and O–H groups in total. The Hall–Kier alpha value is -2.71. The van der Waals surface area contributed by atoms with Crippen molar-refractivity contribution in [3.8, 4) is 0 Å². The Kier molecular flexibility index (Phi) is 4.82. The number of halogens is 2. The van der Waals surface area contributed by atoms with Gasteiger partial charge in [0.1, 0.15) is 0 Å². The maximum absolute atomic E-state index is 12.0. The Balaban J connectivity index is 1.64. The third kappa shape index (κ3) is 3.70. The highest BCUT2D eigenvalue weighted by molar-refractivity contribution is 6.44. The predicted octanol–water partition coefficient (Wildman–Crippen LogP) is 2.54. The van der Waals surface area contributed by atoms with Crippen LogP contribution >= 0.6 is 23.2 Å². The molecule has 0 bridgehead atoms. The van der Waals surface area contributed by atoms with Gasteiger partial charge in [0.05, 0.1) is 15.7 Å². The van der Waals surface area contributed by atoms with E-state index < -0.39 is 18.5 Å². The Bertz CT molecular complexity index is 973. The second kappa shape index (κ2) is 7.04. The molecule has 128 valence electrons. The molecule has 0 unspecified atom stereocenters. The van der Waals surface area contributed by atoms with E-state index in [1.807, 2.05) is 0 Å². The average Bonchev–Trinajstić information content (AvgIpc) is 3.03. The quantitative estimate of drug-likeness (QED) is 0.699. The van der Waals surface area contributed by atoms with Crippen molar-refractivity contribution in [3.63, 3.8) is 0 Å². The van der Waals surface area contributed by atoms with Crippen molar-refractivity contribution in [2.75, 3.05) is 11.9 Å². The fourth-order valence-corrected chi connectivity index (χ4v) is 2.32. The molecule has 0 fully saturated rings. The Morgan fingerprint density at radius 2 is 2.08 bits per heavy atom. The summed E-state index contributed by atoms with van der Waals surface area (Å²) in [5.74, 6) is -1.33. The fourth-order valence-electron chi connectivity index (χ4n) is 1.98. The number of amides is 1. The lowest BCUT2D eigenvalue weighted by molar-refractivity contribution is -0.119. The van der Waals surface area contributed by atoms with Crippen LogP contribution in [0.4, 0.5) is 5.69 Å².